The van der Waals surface area contributed by atoms with Gasteiger partial charge in [0.25, 0.3) is 0 Å². The van der Waals surface area contributed by atoms with Crippen LogP contribution in [0.2, 0.25) is 0 Å². The second-order valence-corrected chi connectivity index (χ2v) is 5.68. The van der Waals surface area contributed by atoms with Gasteiger partial charge >= 0.3 is 0 Å². The van der Waals surface area contributed by atoms with E-state index in [0.717, 1.165) is 30.5 Å². The monoisotopic (exact) mass is 288 g/mol. The number of hydrogen-bond acceptors (Lipinski definition) is 4. The molecule has 0 fully saturated rings. The van der Waals surface area contributed by atoms with Crippen LogP contribution in [0.1, 0.15) is 43.6 Å². The summed E-state index contributed by atoms with van der Waals surface area (Å²) in [5.41, 5.74) is 0. The molecule has 6 heteroatoms. The Balaban J connectivity index is 1.62. The molecule has 2 aromatic rings. The van der Waals surface area contributed by atoms with Crippen molar-refractivity contribution in [2.75, 3.05) is 6.54 Å². The van der Waals surface area contributed by atoms with E-state index in [9.17, 15) is 4.79 Å². The topological polar surface area (TPSA) is 64.2 Å². The van der Waals surface area contributed by atoms with E-state index in [1.54, 1.807) is 6.26 Å². The van der Waals surface area contributed by atoms with Crippen molar-refractivity contribution in [2.24, 2.45) is 0 Å². The number of furan rings is 1. The van der Waals surface area contributed by atoms with Crippen molar-refractivity contribution in [3.63, 3.8) is 0 Å². The molecule has 0 radical (unpaired) electrons. The van der Waals surface area contributed by atoms with Crippen molar-refractivity contribution in [2.45, 2.75) is 45.7 Å². The summed E-state index contributed by atoms with van der Waals surface area (Å²) < 4.78 is 7.40. The first-order valence-corrected chi connectivity index (χ1v) is 7.37. The number of rotatable bonds is 4. The molecule has 0 spiro atoms. The van der Waals surface area contributed by atoms with Crippen molar-refractivity contribution in [3.05, 3.63) is 35.8 Å². The third-order valence-corrected chi connectivity index (χ3v) is 3.82. The second-order valence-electron chi connectivity index (χ2n) is 5.68. The van der Waals surface area contributed by atoms with E-state index < -0.39 is 0 Å². The van der Waals surface area contributed by atoms with Crippen LogP contribution in [-0.2, 0) is 24.3 Å². The maximum absolute atomic E-state index is 12.3. The predicted molar refractivity (Wildman–Crippen MR) is 76.6 cm³/mol. The molecule has 112 valence electrons. The SMILES string of the molecule is CC(C)c1nnc2n1CCN(C(=O)CCc1ccco1)C2. The van der Waals surface area contributed by atoms with Crippen LogP contribution in [0.4, 0.5) is 0 Å². The standard InChI is InChI=1S/C15H20N4O2/c1-11(2)15-17-16-13-10-18(7-8-19(13)15)14(20)6-5-12-4-3-9-21-12/h3-4,9,11H,5-8,10H2,1-2H3. The third-order valence-electron chi connectivity index (χ3n) is 3.82. The number of amides is 1. The first kappa shape index (κ1) is 13.9. The maximum Gasteiger partial charge on any atom is 0.223 e. The Morgan fingerprint density at radius 3 is 2.95 bits per heavy atom. The number of hydrogen-bond donors (Lipinski definition) is 0. The highest BCUT2D eigenvalue weighted by Gasteiger charge is 2.25. The number of aromatic nitrogens is 3. The molecule has 0 N–H and O–H groups in total. The summed E-state index contributed by atoms with van der Waals surface area (Å²) in [6.07, 6.45) is 2.75. The van der Waals surface area contributed by atoms with Gasteiger partial charge in [0.15, 0.2) is 5.82 Å². The minimum atomic E-state index is 0.145. The Hall–Kier alpha value is -2.11. The lowest BCUT2D eigenvalue weighted by Gasteiger charge is -2.28. The highest BCUT2D eigenvalue weighted by atomic mass is 16.3. The molecule has 0 saturated carbocycles. The van der Waals surface area contributed by atoms with Crippen LogP contribution in [0, 0.1) is 0 Å². The quantitative estimate of drug-likeness (QED) is 0.863. The van der Waals surface area contributed by atoms with Crippen LogP contribution in [-0.4, -0.2) is 32.1 Å². The summed E-state index contributed by atoms with van der Waals surface area (Å²) in [4.78, 5) is 14.1. The van der Waals surface area contributed by atoms with E-state index in [-0.39, 0.29) is 5.91 Å². The Morgan fingerprint density at radius 1 is 1.38 bits per heavy atom. The Labute approximate surface area is 123 Å². The zero-order chi connectivity index (χ0) is 14.8. The Kier molecular flexibility index (Phi) is 3.77. The molecule has 2 aromatic heterocycles. The lowest BCUT2D eigenvalue weighted by molar-refractivity contribution is -0.132. The van der Waals surface area contributed by atoms with Crippen LogP contribution >= 0.6 is 0 Å². The largest absolute Gasteiger partial charge is 0.469 e. The molecule has 1 aliphatic heterocycles. The van der Waals surface area contributed by atoms with E-state index in [1.165, 1.54) is 0 Å². The van der Waals surface area contributed by atoms with Crippen molar-refractivity contribution >= 4 is 5.91 Å². The molecule has 0 atom stereocenters. The van der Waals surface area contributed by atoms with Crippen LogP contribution < -0.4 is 0 Å². The molecule has 0 bridgehead atoms. The average Bonchev–Trinajstić information content (AvgIpc) is 3.13. The van der Waals surface area contributed by atoms with E-state index in [0.29, 0.717) is 25.3 Å². The minimum absolute atomic E-state index is 0.145. The fraction of sp³-hybridized carbons (Fsp3) is 0.533. The average molecular weight is 288 g/mol. The third kappa shape index (κ3) is 2.84. The summed E-state index contributed by atoms with van der Waals surface area (Å²) in [5.74, 6) is 3.24. The van der Waals surface area contributed by atoms with Gasteiger partial charge in [-0.05, 0) is 12.1 Å². The van der Waals surface area contributed by atoms with Crippen LogP contribution in [0.3, 0.4) is 0 Å². The smallest absolute Gasteiger partial charge is 0.223 e. The van der Waals surface area contributed by atoms with Gasteiger partial charge in [-0.15, -0.1) is 10.2 Å². The van der Waals surface area contributed by atoms with Gasteiger partial charge < -0.3 is 13.9 Å². The van der Waals surface area contributed by atoms with Gasteiger partial charge in [-0.2, -0.15) is 0 Å². The fourth-order valence-electron chi connectivity index (χ4n) is 2.66. The van der Waals surface area contributed by atoms with E-state index in [1.807, 2.05) is 17.0 Å². The summed E-state index contributed by atoms with van der Waals surface area (Å²) in [5, 5.41) is 8.46. The highest BCUT2D eigenvalue weighted by molar-refractivity contribution is 5.76. The Bertz CT molecular complexity index is 616. The number of carbonyl (C=O) groups is 1. The van der Waals surface area contributed by atoms with Crippen LogP contribution in [0.25, 0.3) is 0 Å². The molecular weight excluding hydrogens is 268 g/mol. The Morgan fingerprint density at radius 2 is 2.24 bits per heavy atom. The fourth-order valence-corrected chi connectivity index (χ4v) is 2.66. The van der Waals surface area contributed by atoms with Crippen molar-refractivity contribution in [3.8, 4) is 0 Å². The summed E-state index contributed by atoms with van der Waals surface area (Å²) >= 11 is 0. The minimum Gasteiger partial charge on any atom is -0.469 e. The van der Waals surface area contributed by atoms with Crippen molar-refractivity contribution < 1.29 is 9.21 Å². The van der Waals surface area contributed by atoms with Gasteiger partial charge in [0, 0.05) is 31.8 Å². The van der Waals surface area contributed by atoms with Gasteiger partial charge in [0.05, 0.1) is 12.8 Å². The number of fused-ring (bicyclic) bond motifs is 1. The first-order valence-electron chi connectivity index (χ1n) is 7.37. The molecular formula is C15H20N4O2. The molecule has 1 amide bonds. The van der Waals surface area contributed by atoms with Crippen LogP contribution in [0.15, 0.2) is 22.8 Å². The van der Waals surface area contributed by atoms with Gasteiger partial charge in [0.1, 0.15) is 11.6 Å². The molecule has 21 heavy (non-hydrogen) atoms. The lowest BCUT2D eigenvalue weighted by Crippen LogP contribution is -2.39. The molecule has 0 saturated heterocycles. The second kappa shape index (κ2) is 5.71. The number of nitrogens with zero attached hydrogens (tertiary/aromatic N) is 4. The van der Waals surface area contributed by atoms with Gasteiger partial charge in [-0.1, -0.05) is 13.8 Å². The normalized spacial score (nSPS) is 14.5. The van der Waals surface area contributed by atoms with Crippen molar-refractivity contribution in [1.82, 2.24) is 19.7 Å². The van der Waals surface area contributed by atoms with Gasteiger partial charge in [-0.25, -0.2) is 0 Å². The molecule has 0 unspecified atom stereocenters. The highest BCUT2D eigenvalue weighted by Crippen LogP contribution is 2.19. The summed E-state index contributed by atoms with van der Waals surface area (Å²) in [6, 6.07) is 3.74. The first-order chi connectivity index (χ1) is 10.1. The summed E-state index contributed by atoms with van der Waals surface area (Å²) in [7, 11) is 0. The van der Waals surface area contributed by atoms with E-state index >= 15 is 0 Å². The number of carbonyl (C=O) groups excluding carboxylic acids is 1. The zero-order valence-corrected chi connectivity index (χ0v) is 12.5. The lowest BCUT2D eigenvalue weighted by atomic mass is 10.2. The molecule has 0 aliphatic carbocycles. The van der Waals surface area contributed by atoms with Crippen molar-refractivity contribution in [1.29, 1.82) is 0 Å². The van der Waals surface area contributed by atoms with Crippen LogP contribution in [0.5, 0.6) is 0 Å². The molecule has 3 heterocycles. The summed E-state index contributed by atoms with van der Waals surface area (Å²) in [6.45, 7) is 6.27. The molecule has 1 aliphatic rings. The predicted octanol–water partition coefficient (Wildman–Crippen LogP) is 1.97. The van der Waals surface area contributed by atoms with Gasteiger partial charge in [-0.3, -0.25) is 4.79 Å². The zero-order valence-electron chi connectivity index (χ0n) is 12.5. The van der Waals surface area contributed by atoms with E-state index in [4.69, 9.17) is 4.42 Å². The molecule has 6 nitrogen and oxygen atoms in total. The maximum atomic E-state index is 12.3. The van der Waals surface area contributed by atoms with Gasteiger partial charge in [0.2, 0.25) is 5.91 Å². The molecule has 0 aromatic carbocycles. The molecule has 3 rings (SSSR count). The number of aryl methyl sites for hydroxylation is 1. The van der Waals surface area contributed by atoms with E-state index in [2.05, 4.69) is 28.6 Å².